The van der Waals surface area contributed by atoms with Crippen LogP contribution in [0.15, 0.2) is 48.5 Å². The lowest BCUT2D eigenvalue weighted by Gasteiger charge is -2.20. The lowest BCUT2D eigenvalue weighted by atomic mass is 9.93. The third-order valence-corrected chi connectivity index (χ3v) is 3.62. The Morgan fingerprint density at radius 2 is 1.61 bits per heavy atom. The third kappa shape index (κ3) is 4.47. The summed E-state index contributed by atoms with van der Waals surface area (Å²) >= 11 is 0. The van der Waals surface area contributed by atoms with Crippen molar-refractivity contribution in [3.8, 4) is 11.5 Å². The van der Waals surface area contributed by atoms with E-state index in [0.717, 1.165) is 11.1 Å². The van der Waals surface area contributed by atoms with E-state index in [-0.39, 0.29) is 0 Å². The lowest BCUT2D eigenvalue weighted by Crippen LogP contribution is -2.51. The smallest absolute Gasteiger partial charge is 0.237 e. The first kappa shape index (κ1) is 16.8. The quantitative estimate of drug-likeness (QED) is 0.818. The first-order valence-electron chi connectivity index (χ1n) is 7.35. The fourth-order valence-corrected chi connectivity index (χ4v) is 2.16. The fraction of sp³-hybridized carbons (Fsp3) is 0.278. The van der Waals surface area contributed by atoms with Crippen molar-refractivity contribution in [3.05, 3.63) is 59.7 Å². The van der Waals surface area contributed by atoms with Crippen LogP contribution in [0.1, 0.15) is 18.1 Å². The van der Waals surface area contributed by atoms with E-state index in [2.05, 4.69) is 0 Å². The second-order valence-corrected chi connectivity index (χ2v) is 5.71. The average molecular weight is 314 g/mol. The van der Waals surface area contributed by atoms with Gasteiger partial charge in [-0.2, -0.15) is 0 Å². The maximum atomic E-state index is 11.3. The van der Waals surface area contributed by atoms with Crippen LogP contribution in [-0.4, -0.2) is 18.6 Å². The summed E-state index contributed by atoms with van der Waals surface area (Å²) in [6.07, 6.45) is 0.399. The number of carbonyl (C=O) groups is 1. The fourth-order valence-electron chi connectivity index (χ4n) is 2.16. The van der Waals surface area contributed by atoms with Crippen LogP contribution in [0, 0.1) is 0 Å². The maximum absolute atomic E-state index is 11.3. The van der Waals surface area contributed by atoms with E-state index in [9.17, 15) is 4.79 Å². The van der Waals surface area contributed by atoms with Crippen molar-refractivity contribution < 1.29 is 14.3 Å². The van der Waals surface area contributed by atoms with Gasteiger partial charge in [0.05, 0.1) is 12.6 Å². The summed E-state index contributed by atoms with van der Waals surface area (Å²) in [7, 11) is 1.61. The number of nitrogens with two attached hydrogens (primary N) is 2. The van der Waals surface area contributed by atoms with Gasteiger partial charge in [0.2, 0.25) is 5.91 Å². The Kier molecular flexibility index (Phi) is 5.24. The van der Waals surface area contributed by atoms with Crippen LogP contribution in [0.2, 0.25) is 0 Å². The molecule has 0 saturated heterocycles. The summed E-state index contributed by atoms with van der Waals surface area (Å²) < 4.78 is 11.0. The van der Waals surface area contributed by atoms with E-state index in [1.165, 1.54) is 0 Å². The zero-order chi connectivity index (χ0) is 16.9. The lowest BCUT2D eigenvalue weighted by molar-refractivity contribution is -0.122. The number of ether oxygens (including phenoxy) is 2. The number of para-hydroxylation sites is 2. The van der Waals surface area contributed by atoms with Gasteiger partial charge in [0.15, 0.2) is 11.5 Å². The number of rotatable bonds is 7. The largest absolute Gasteiger partial charge is 0.493 e. The molecule has 0 aliphatic heterocycles. The minimum Gasteiger partial charge on any atom is -0.493 e. The highest BCUT2D eigenvalue weighted by atomic mass is 16.5. The van der Waals surface area contributed by atoms with Crippen LogP contribution in [0.4, 0.5) is 0 Å². The molecule has 0 aromatic heterocycles. The molecule has 2 aromatic carbocycles. The van der Waals surface area contributed by atoms with Crippen LogP contribution in [0.5, 0.6) is 11.5 Å². The van der Waals surface area contributed by atoms with Crippen LogP contribution in [-0.2, 0) is 17.8 Å². The molecular formula is C18H22N2O3. The Labute approximate surface area is 136 Å². The number of primary amides is 1. The third-order valence-electron chi connectivity index (χ3n) is 3.62. The van der Waals surface area contributed by atoms with E-state index >= 15 is 0 Å². The van der Waals surface area contributed by atoms with Crippen LogP contribution in [0.25, 0.3) is 0 Å². The van der Waals surface area contributed by atoms with E-state index in [1.807, 2.05) is 48.5 Å². The SMILES string of the molecule is COc1ccccc1OCc1ccc(CC(C)(N)C(N)=O)cc1. The van der Waals surface area contributed by atoms with Gasteiger partial charge in [-0.15, -0.1) is 0 Å². The summed E-state index contributed by atoms with van der Waals surface area (Å²) in [6.45, 7) is 2.06. The number of carbonyl (C=O) groups excluding carboxylic acids is 1. The van der Waals surface area contributed by atoms with Gasteiger partial charge in [-0.3, -0.25) is 4.79 Å². The molecule has 1 amide bonds. The van der Waals surface area contributed by atoms with Gasteiger partial charge in [0, 0.05) is 0 Å². The highest BCUT2D eigenvalue weighted by Gasteiger charge is 2.25. The Balaban J connectivity index is 1.99. The number of methoxy groups -OCH3 is 1. The standard InChI is InChI=1S/C18H22N2O3/c1-18(20,17(19)21)11-13-7-9-14(10-8-13)12-23-16-6-4-3-5-15(16)22-2/h3-10H,11-12,20H2,1-2H3,(H2,19,21). The summed E-state index contributed by atoms with van der Waals surface area (Å²) in [5.41, 5.74) is 12.1. The molecule has 0 spiro atoms. The zero-order valence-electron chi connectivity index (χ0n) is 13.4. The highest BCUT2D eigenvalue weighted by molar-refractivity contribution is 5.84. The molecule has 0 saturated carbocycles. The van der Waals surface area contributed by atoms with Crippen molar-refractivity contribution in [1.29, 1.82) is 0 Å². The molecule has 0 bridgehead atoms. The van der Waals surface area contributed by atoms with E-state index < -0.39 is 11.4 Å². The second-order valence-electron chi connectivity index (χ2n) is 5.71. The Bertz CT molecular complexity index is 666. The monoisotopic (exact) mass is 314 g/mol. The summed E-state index contributed by atoms with van der Waals surface area (Å²) in [6, 6.07) is 15.2. The molecule has 23 heavy (non-hydrogen) atoms. The van der Waals surface area contributed by atoms with Crippen molar-refractivity contribution >= 4 is 5.91 Å². The molecule has 2 rings (SSSR count). The molecule has 0 heterocycles. The minimum atomic E-state index is -1.05. The maximum Gasteiger partial charge on any atom is 0.237 e. The van der Waals surface area contributed by atoms with E-state index in [1.54, 1.807) is 14.0 Å². The van der Waals surface area contributed by atoms with Gasteiger partial charge in [-0.25, -0.2) is 0 Å². The molecule has 0 fully saturated rings. The van der Waals surface area contributed by atoms with E-state index in [4.69, 9.17) is 20.9 Å². The molecule has 4 N–H and O–H groups in total. The molecule has 0 aliphatic rings. The van der Waals surface area contributed by atoms with Crippen LogP contribution < -0.4 is 20.9 Å². The number of amides is 1. The highest BCUT2D eigenvalue weighted by Crippen LogP contribution is 2.26. The van der Waals surface area contributed by atoms with Crippen molar-refractivity contribution in [3.63, 3.8) is 0 Å². The zero-order valence-corrected chi connectivity index (χ0v) is 13.4. The van der Waals surface area contributed by atoms with Crippen molar-refractivity contribution in [2.24, 2.45) is 11.5 Å². The second kappa shape index (κ2) is 7.15. The number of hydrogen-bond acceptors (Lipinski definition) is 4. The number of benzene rings is 2. The number of hydrogen-bond donors (Lipinski definition) is 2. The molecule has 122 valence electrons. The molecule has 0 radical (unpaired) electrons. The van der Waals surface area contributed by atoms with Crippen LogP contribution in [0.3, 0.4) is 0 Å². The van der Waals surface area contributed by atoms with Crippen LogP contribution >= 0.6 is 0 Å². The Morgan fingerprint density at radius 3 is 2.17 bits per heavy atom. The van der Waals surface area contributed by atoms with E-state index in [0.29, 0.717) is 24.5 Å². The van der Waals surface area contributed by atoms with Gasteiger partial charge in [0.25, 0.3) is 0 Å². The predicted molar refractivity (Wildman–Crippen MR) is 89.3 cm³/mol. The van der Waals surface area contributed by atoms with Gasteiger partial charge in [-0.1, -0.05) is 36.4 Å². The van der Waals surface area contributed by atoms with Gasteiger partial charge in [-0.05, 0) is 36.6 Å². The molecule has 1 unspecified atom stereocenters. The Hall–Kier alpha value is -2.53. The molecule has 5 nitrogen and oxygen atoms in total. The summed E-state index contributed by atoms with van der Waals surface area (Å²) in [5, 5.41) is 0. The molecule has 0 aliphatic carbocycles. The predicted octanol–water partition coefficient (Wildman–Crippen LogP) is 2.02. The van der Waals surface area contributed by atoms with Gasteiger partial charge < -0.3 is 20.9 Å². The normalized spacial score (nSPS) is 13.2. The van der Waals surface area contributed by atoms with Crippen molar-refractivity contribution in [2.75, 3.05) is 7.11 Å². The van der Waals surface area contributed by atoms with Crippen molar-refractivity contribution in [2.45, 2.75) is 25.5 Å². The molecule has 5 heteroatoms. The summed E-state index contributed by atoms with van der Waals surface area (Å²) in [4.78, 5) is 11.3. The molecule has 1 atom stereocenters. The topological polar surface area (TPSA) is 87.6 Å². The summed E-state index contributed by atoms with van der Waals surface area (Å²) in [5.74, 6) is 0.882. The molecular weight excluding hydrogens is 292 g/mol. The average Bonchev–Trinajstić information content (AvgIpc) is 2.54. The Morgan fingerprint density at radius 1 is 1.04 bits per heavy atom. The first-order chi connectivity index (χ1) is 10.9. The first-order valence-corrected chi connectivity index (χ1v) is 7.35. The molecule has 2 aromatic rings. The van der Waals surface area contributed by atoms with Gasteiger partial charge in [0.1, 0.15) is 6.61 Å². The minimum absolute atomic E-state index is 0.399. The van der Waals surface area contributed by atoms with Crippen molar-refractivity contribution in [1.82, 2.24) is 0 Å². The van der Waals surface area contributed by atoms with Gasteiger partial charge >= 0.3 is 0 Å².